The summed E-state index contributed by atoms with van der Waals surface area (Å²) in [4.78, 5) is 29.4. The number of ether oxygens (including phenoxy) is 1. The molecule has 0 spiro atoms. The summed E-state index contributed by atoms with van der Waals surface area (Å²) in [5, 5.41) is 2.64. The van der Waals surface area contributed by atoms with Crippen molar-refractivity contribution in [1.29, 1.82) is 0 Å². The second-order valence-corrected chi connectivity index (χ2v) is 6.96. The zero-order valence-electron chi connectivity index (χ0n) is 16.9. The predicted octanol–water partition coefficient (Wildman–Crippen LogP) is 4.18. The lowest BCUT2D eigenvalue weighted by Gasteiger charge is -2.18. The van der Waals surface area contributed by atoms with E-state index >= 15 is 0 Å². The van der Waals surface area contributed by atoms with Crippen LogP contribution in [0.2, 0.25) is 0 Å². The molecule has 2 aromatic carbocycles. The first-order valence-electron chi connectivity index (χ1n) is 9.59. The van der Waals surface area contributed by atoms with Crippen molar-refractivity contribution in [2.24, 2.45) is 0 Å². The highest BCUT2D eigenvalue weighted by Crippen LogP contribution is 2.27. The monoisotopic (exact) mass is 430 g/mol. The van der Waals surface area contributed by atoms with Crippen molar-refractivity contribution >= 4 is 23.5 Å². The molecule has 0 unspecified atom stereocenters. The van der Waals surface area contributed by atoms with Crippen LogP contribution in [0.5, 0.6) is 5.88 Å². The van der Waals surface area contributed by atoms with E-state index in [0.29, 0.717) is 23.6 Å². The number of hydrogen-bond acceptors (Lipinski definition) is 4. The Kier molecular flexibility index (Phi) is 5.77. The van der Waals surface area contributed by atoms with E-state index in [2.05, 4.69) is 22.1 Å². The van der Waals surface area contributed by atoms with E-state index in [4.69, 9.17) is 4.74 Å². The first kappa shape index (κ1) is 20.9. The van der Waals surface area contributed by atoms with E-state index in [1.165, 1.54) is 12.1 Å². The van der Waals surface area contributed by atoms with Crippen LogP contribution in [-0.4, -0.2) is 23.8 Å². The summed E-state index contributed by atoms with van der Waals surface area (Å²) in [5.41, 5.74) is 2.19. The number of pyridine rings is 1. The maximum absolute atomic E-state index is 13.5. The molecule has 5 nitrogen and oxygen atoms in total. The molecule has 0 aliphatic carbocycles. The van der Waals surface area contributed by atoms with E-state index in [1.807, 2.05) is 6.07 Å². The number of nitrogens with zero attached hydrogens (tertiary/aromatic N) is 1. The lowest BCUT2D eigenvalue weighted by atomic mass is 9.93. The van der Waals surface area contributed by atoms with Gasteiger partial charge >= 0.3 is 0 Å². The van der Waals surface area contributed by atoms with Crippen LogP contribution < -0.4 is 10.1 Å². The molecular weight excluding hydrogens is 414 g/mol. The molecule has 158 valence electrons. The van der Waals surface area contributed by atoms with Gasteiger partial charge in [-0.15, -0.1) is 0 Å². The summed E-state index contributed by atoms with van der Waals surface area (Å²) in [6.07, 6.45) is 3.37. The summed E-state index contributed by atoms with van der Waals surface area (Å²) >= 11 is 0. The predicted molar refractivity (Wildman–Crippen MR) is 115 cm³/mol. The zero-order chi connectivity index (χ0) is 22.7. The number of Topliss-reactive ketones (excluding diaryl/α,β-unsaturated/α-hetero) is 1. The van der Waals surface area contributed by atoms with Crippen molar-refractivity contribution in [3.8, 4) is 17.7 Å². The molecule has 2 heterocycles. The second-order valence-electron chi connectivity index (χ2n) is 6.96. The van der Waals surface area contributed by atoms with Crippen molar-refractivity contribution in [2.45, 2.75) is 6.42 Å². The molecule has 1 amide bonds. The molecule has 4 rings (SSSR count). The molecule has 7 heteroatoms. The molecule has 0 radical (unpaired) electrons. The molecule has 3 aromatic rings. The summed E-state index contributed by atoms with van der Waals surface area (Å²) in [5.74, 6) is 3.34. The first-order valence-corrected chi connectivity index (χ1v) is 9.59. The van der Waals surface area contributed by atoms with Gasteiger partial charge in [0.25, 0.3) is 5.91 Å². The van der Waals surface area contributed by atoms with Crippen LogP contribution in [0.4, 0.5) is 14.5 Å². The Morgan fingerprint density at radius 3 is 2.62 bits per heavy atom. The molecule has 32 heavy (non-hydrogen) atoms. The Balaban J connectivity index is 1.58. The van der Waals surface area contributed by atoms with Gasteiger partial charge in [-0.2, -0.15) is 0 Å². The Morgan fingerprint density at radius 2 is 1.91 bits per heavy atom. The van der Waals surface area contributed by atoms with Crippen LogP contribution in [0.25, 0.3) is 6.08 Å². The summed E-state index contributed by atoms with van der Waals surface area (Å²) in [6, 6.07) is 11.7. The van der Waals surface area contributed by atoms with E-state index in [0.717, 1.165) is 17.7 Å². The highest BCUT2D eigenvalue weighted by Gasteiger charge is 2.28. The van der Waals surface area contributed by atoms with E-state index in [1.54, 1.807) is 37.6 Å². The maximum Gasteiger partial charge on any atom is 0.259 e. The van der Waals surface area contributed by atoms with Crippen molar-refractivity contribution in [2.75, 3.05) is 12.4 Å². The van der Waals surface area contributed by atoms with Crippen molar-refractivity contribution in [3.05, 3.63) is 94.2 Å². The van der Waals surface area contributed by atoms with Gasteiger partial charge in [-0.1, -0.05) is 24.0 Å². The largest absolute Gasteiger partial charge is 0.481 e. The number of halogens is 2. The van der Waals surface area contributed by atoms with Gasteiger partial charge in [0, 0.05) is 29.8 Å². The first-order chi connectivity index (χ1) is 15.4. The molecule has 1 aliphatic rings. The minimum Gasteiger partial charge on any atom is -0.481 e. The lowest BCUT2D eigenvalue weighted by Crippen LogP contribution is -2.27. The minimum absolute atomic E-state index is 0.169. The third-order valence-electron chi connectivity index (χ3n) is 4.79. The average molecular weight is 430 g/mol. The van der Waals surface area contributed by atoms with Crippen molar-refractivity contribution in [3.63, 3.8) is 0 Å². The molecule has 0 fully saturated rings. The Bertz CT molecular complexity index is 1320. The Labute approximate surface area is 182 Å². The van der Waals surface area contributed by atoms with Gasteiger partial charge in [0.1, 0.15) is 0 Å². The van der Waals surface area contributed by atoms with Gasteiger partial charge in [-0.3, -0.25) is 9.59 Å². The number of carbonyl (C=O) groups is 2. The number of ketones is 1. The molecule has 0 saturated carbocycles. The van der Waals surface area contributed by atoms with Gasteiger partial charge < -0.3 is 10.1 Å². The normalized spacial score (nSPS) is 13.8. The number of aromatic nitrogens is 1. The van der Waals surface area contributed by atoms with Crippen LogP contribution in [0.3, 0.4) is 0 Å². The van der Waals surface area contributed by atoms with Crippen LogP contribution in [0, 0.1) is 23.5 Å². The molecule has 1 N–H and O–H groups in total. The van der Waals surface area contributed by atoms with Crippen LogP contribution in [-0.2, 0) is 11.2 Å². The van der Waals surface area contributed by atoms with Crippen LogP contribution >= 0.6 is 0 Å². The highest BCUT2D eigenvalue weighted by atomic mass is 19.2. The van der Waals surface area contributed by atoms with Gasteiger partial charge in [0.15, 0.2) is 11.6 Å². The number of anilines is 1. The van der Waals surface area contributed by atoms with Gasteiger partial charge in [0.05, 0.1) is 18.4 Å². The quantitative estimate of drug-likeness (QED) is 0.385. The van der Waals surface area contributed by atoms with Gasteiger partial charge in [-0.05, 0) is 47.5 Å². The fourth-order valence-corrected chi connectivity index (χ4v) is 3.14. The number of nitrogens with one attached hydrogen (secondary N) is 1. The zero-order valence-corrected chi connectivity index (χ0v) is 16.9. The number of hydrogen-bond donors (Lipinski definition) is 1. The number of carbonyl (C=O) groups excluding carboxylic acids is 2. The maximum atomic E-state index is 13.5. The molecular formula is C25H16F2N2O3. The molecule has 0 bridgehead atoms. The van der Waals surface area contributed by atoms with Gasteiger partial charge in [-0.25, -0.2) is 13.8 Å². The highest BCUT2D eigenvalue weighted by molar-refractivity contribution is 6.36. The summed E-state index contributed by atoms with van der Waals surface area (Å²) in [6.45, 7) is 0. The third-order valence-corrected chi connectivity index (χ3v) is 4.79. The van der Waals surface area contributed by atoms with E-state index in [9.17, 15) is 18.4 Å². The smallest absolute Gasteiger partial charge is 0.259 e. The van der Waals surface area contributed by atoms with Crippen molar-refractivity contribution < 1.29 is 23.1 Å². The number of fused-ring (bicyclic) bond motifs is 1. The van der Waals surface area contributed by atoms with E-state index < -0.39 is 23.3 Å². The number of benzene rings is 2. The number of amides is 1. The topological polar surface area (TPSA) is 68.3 Å². The SMILES string of the molecule is COc1ccc(CC#Cc2ccc3c(c2)C(=O)/C(=C\c2ccc(F)c(F)c2)C(=O)N3)cn1. The molecule has 0 atom stereocenters. The number of methoxy groups -OCH3 is 1. The summed E-state index contributed by atoms with van der Waals surface area (Å²) < 4.78 is 31.7. The minimum atomic E-state index is -1.06. The molecule has 1 aromatic heterocycles. The lowest BCUT2D eigenvalue weighted by molar-refractivity contribution is -0.112. The Hall–Kier alpha value is -4.31. The fourth-order valence-electron chi connectivity index (χ4n) is 3.14. The van der Waals surface area contributed by atoms with Gasteiger partial charge in [0.2, 0.25) is 11.7 Å². The average Bonchev–Trinajstić information content (AvgIpc) is 2.80. The number of rotatable bonds is 3. The van der Waals surface area contributed by atoms with Crippen LogP contribution in [0.15, 0.2) is 60.3 Å². The second kappa shape index (κ2) is 8.82. The summed E-state index contributed by atoms with van der Waals surface area (Å²) in [7, 11) is 1.54. The fraction of sp³-hybridized carbons (Fsp3) is 0.0800. The standard InChI is InChI=1S/C25H16F2N2O3/c1-32-23-10-7-16(14-28-23)4-2-3-15-6-9-22-18(11-15)24(30)19(25(31)29-22)12-17-5-8-20(26)21(27)13-17/h5-14H,4H2,1H3,(H,29,31)/b19-12+. The van der Waals surface area contributed by atoms with E-state index in [-0.39, 0.29) is 16.7 Å². The molecule has 0 saturated heterocycles. The Morgan fingerprint density at radius 1 is 1.06 bits per heavy atom. The third kappa shape index (κ3) is 4.40. The van der Waals surface area contributed by atoms with Crippen molar-refractivity contribution in [1.82, 2.24) is 4.98 Å². The molecule has 1 aliphatic heterocycles. The van der Waals surface area contributed by atoms with Crippen LogP contribution in [0.1, 0.15) is 27.0 Å².